The Kier molecular flexibility index (Phi) is 4.57. The molecule has 120 valence electrons. The molecule has 1 amide bonds. The summed E-state index contributed by atoms with van der Waals surface area (Å²) in [6.45, 7) is -0.934. The van der Waals surface area contributed by atoms with Crippen LogP contribution in [0.1, 0.15) is 24.8 Å². The molecule has 1 saturated carbocycles. The quantitative estimate of drug-likeness (QED) is 0.878. The Hall–Kier alpha value is -1.69. The average molecular weight is 310 g/mol. The van der Waals surface area contributed by atoms with Crippen LogP contribution in [0.25, 0.3) is 0 Å². The molecule has 0 bridgehead atoms. The third kappa shape index (κ3) is 3.74. The van der Waals surface area contributed by atoms with Gasteiger partial charge in [-0.05, 0) is 61.9 Å². The van der Waals surface area contributed by atoms with E-state index < -0.39 is 6.61 Å². The number of rotatable bonds is 6. The van der Waals surface area contributed by atoms with Crippen LogP contribution in [-0.4, -0.2) is 32.2 Å². The molecule has 0 radical (unpaired) electrons. The van der Waals surface area contributed by atoms with Crippen molar-refractivity contribution in [3.8, 4) is 5.75 Å². The van der Waals surface area contributed by atoms with Gasteiger partial charge in [-0.1, -0.05) is 0 Å². The molecule has 2 aliphatic rings. The van der Waals surface area contributed by atoms with E-state index >= 15 is 0 Å². The largest absolute Gasteiger partial charge is 0.435 e. The van der Waals surface area contributed by atoms with Gasteiger partial charge in [0.15, 0.2) is 0 Å². The van der Waals surface area contributed by atoms with Crippen molar-refractivity contribution in [2.75, 3.05) is 24.5 Å². The summed E-state index contributed by atoms with van der Waals surface area (Å²) in [6.07, 6.45) is 4.11. The Balaban J connectivity index is 1.65. The van der Waals surface area contributed by atoms with Crippen molar-refractivity contribution in [1.82, 2.24) is 5.32 Å². The second-order valence-electron chi connectivity index (χ2n) is 5.89. The number of hydrogen-bond donors (Lipinski definition) is 1. The Morgan fingerprint density at radius 2 is 2.23 bits per heavy atom. The van der Waals surface area contributed by atoms with Crippen LogP contribution in [0.5, 0.6) is 5.75 Å². The van der Waals surface area contributed by atoms with Crippen LogP contribution in [0.15, 0.2) is 18.2 Å². The zero-order chi connectivity index (χ0) is 15.5. The Morgan fingerprint density at radius 3 is 2.95 bits per heavy atom. The summed E-state index contributed by atoms with van der Waals surface area (Å²) < 4.78 is 29.0. The molecule has 1 fully saturated rings. The minimum atomic E-state index is -2.83. The fourth-order valence-corrected chi connectivity index (χ4v) is 2.81. The molecule has 0 aromatic heterocycles. The topological polar surface area (TPSA) is 41.6 Å². The van der Waals surface area contributed by atoms with E-state index in [9.17, 15) is 13.6 Å². The van der Waals surface area contributed by atoms with Gasteiger partial charge in [-0.25, -0.2) is 0 Å². The van der Waals surface area contributed by atoms with Gasteiger partial charge in [0.2, 0.25) is 5.91 Å². The Morgan fingerprint density at radius 1 is 1.41 bits per heavy atom. The first kappa shape index (κ1) is 15.2. The molecule has 0 atom stereocenters. The van der Waals surface area contributed by atoms with E-state index in [2.05, 4.69) is 10.1 Å². The van der Waals surface area contributed by atoms with Gasteiger partial charge in [0.05, 0.1) is 6.54 Å². The number of nitrogens with zero attached hydrogens (tertiary/aromatic N) is 1. The fraction of sp³-hybridized carbons (Fsp3) is 0.562. The molecule has 1 aliphatic heterocycles. The van der Waals surface area contributed by atoms with Gasteiger partial charge in [0.25, 0.3) is 0 Å². The van der Waals surface area contributed by atoms with E-state index in [-0.39, 0.29) is 11.7 Å². The van der Waals surface area contributed by atoms with Gasteiger partial charge in [0, 0.05) is 12.2 Å². The molecule has 0 unspecified atom stereocenters. The number of benzene rings is 1. The van der Waals surface area contributed by atoms with Crippen molar-refractivity contribution in [3.63, 3.8) is 0 Å². The number of ether oxygens (including phenoxy) is 1. The van der Waals surface area contributed by atoms with E-state index in [4.69, 9.17) is 0 Å². The molecular formula is C16H20F2N2O2. The van der Waals surface area contributed by atoms with Crippen LogP contribution in [-0.2, 0) is 11.2 Å². The van der Waals surface area contributed by atoms with Crippen LogP contribution in [0.4, 0.5) is 14.5 Å². The molecule has 0 saturated heterocycles. The molecule has 1 aliphatic carbocycles. The van der Waals surface area contributed by atoms with Crippen molar-refractivity contribution in [2.45, 2.75) is 32.3 Å². The Labute approximate surface area is 128 Å². The summed E-state index contributed by atoms with van der Waals surface area (Å²) in [7, 11) is 0. The maximum absolute atomic E-state index is 12.3. The average Bonchev–Trinajstić information content (AvgIpc) is 3.30. The van der Waals surface area contributed by atoms with Gasteiger partial charge < -0.3 is 15.0 Å². The number of carbonyl (C=O) groups excluding carboxylic acids is 1. The summed E-state index contributed by atoms with van der Waals surface area (Å²) >= 11 is 0. The molecular weight excluding hydrogens is 290 g/mol. The fourth-order valence-electron chi connectivity index (χ4n) is 2.81. The molecule has 0 spiro atoms. The van der Waals surface area contributed by atoms with Crippen LogP contribution >= 0.6 is 0 Å². The SMILES string of the molecule is O=C(CNCC1CC1)N1CCCc2cc(OC(F)F)ccc21. The molecule has 1 aromatic carbocycles. The summed E-state index contributed by atoms with van der Waals surface area (Å²) in [5.41, 5.74) is 1.70. The second-order valence-corrected chi connectivity index (χ2v) is 5.89. The highest BCUT2D eigenvalue weighted by atomic mass is 19.3. The van der Waals surface area contributed by atoms with Crippen molar-refractivity contribution < 1.29 is 18.3 Å². The highest BCUT2D eigenvalue weighted by Gasteiger charge is 2.24. The van der Waals surface area contributed by atoms with E-state index in [1.54, 1.807) is 17.0 Å². The van der Waals surface area contributed by atoms with Crippen molar-refractivity contribution in [2.24, 2.45) is 5.92 Å². The number of nitrogens with one attached hydrogen (secondary N) is 1. The maximum Gasteiger partial charge on any atom is 0.387 e. The smallest absolute Gasteiger partial charge is 0.387 e. The lowest BCUT2D eigenvalue weighted by Crippen LogP contribution is -2.41. The zero-order valence-electron chi connectivity index (χ0n) is 12.4. The minimum Gasteiger partial charge on any atom is -0.435 e. The van der Waals surface area contributed by atoms with Gasteiger partial charge in [-0.15, -0.1) is 0 Å². The summed E-state index contributed by atoms with van der Waals surface area (Å²) in [6, 6.07) is 4.80. The third-order valence-electron chi connectivity index (χ3n) is 4.10. The van der Waals surface area contributed by atoms with Gasteiger partial charge in [0.1, 0.15) is 5.75 Å². The number of carbonyl (C=O) groups is 1. The van der Waals surface area contributed by atoms with E-state index in [0.29, 0.717) is 13.1 Å². The second kappa shape index (κ2) is 6.60. The number of aryl methyl sites for hydroxylation is 1. The van der Waals surface area contributed by atoms with Crippen LogP contribution in [0, 0.1) is 5.92 Å². The standard InChI is InChI=1S/C16H20F2N2O2/c17-16(18)22-13-5-6-14-12(8-13)2-1-7-20(14)15(21)10-19-9-11-3-4-11/h5-6,8,11,16,19H,1-4,7,9-10H2. The number of hydrogen-bond acceptors (Lipinski definition) is 3. The third-order valence-corrected chi connectivity index (χ3v) is 4.10. The van der Waals surface area contributed by atoms with E-state index in [0.717, 1.165) is 36.6 Å². The van der Waals surface area contributed by atoms with Crippen LogP contribution in [0.3, 0.4) is 0 Å². The number of amides is 1. The van der Waals surface area contributed by atoms with Crippen LogP contribution in [0.2, 0.25) is 0 Å². The van der Waals surface area contributed by atoms with Gasteiger partial charge in [-0.3, -0.25) is 4.79 Å². The Bertz CT molecular complexity index is 547. The van der Waals surface area contributed by atoms with E-state index in [1.165, 1.54) is 18.9 Å². The lowest BCUT2D eigenvalue weighted by molar-refractivity contribution is -0.117. The number of alkyl halides is 2. The summed E-state index contributed by atoms with van der Waals surface area (Å²) in [4.78, 5) is 14.1. The van der Waals surface area contributed by atoms with Crippen molar-refractivity contribution >= 4 is 11.6 Å². The highest BCUT2D eigenvalue weighted by molar-refractivity contribution is 5.96. The molecule has 6 heteroatoms. The number of anilines is 1. The first-order chi connectivity index (χ1) is 10.6. The van der Waals surface area contributed by atoms with Crippen LogP contribution < -0.4 is 15.0 Å². The monoisotopic (exact) mass is 310 g/mol. The molecule has 1 aromatic rings. The first-order valence-electron chi connectivity index (χ1n) is 7.72. The highest BCUT2D eigenvalue weighted by Crippen LogP contribution is 2.31. The molecule has 1 heterocycles. The van der Waals surface area contributed by atoms with Crippen molar-refractivity contribution in [3.05, 3.63) is 23.8 Å². The lowest BCUT2D eigenvalue weighted by Gasteiger charge is -2.30. The van der Waals surface area contributed by atoms with Gasteiger partial charge in [-0.2, -0.15) is 8.78 Å². The summed E-state index contributed by atoms with van der Waals surface area (Å²) in [5, 5.41) is 3.20. The minimum absolute atomic E-state index is 0.0316. The van der Waals surface area contributed by atoms with E-state index in [1.807, 2.05) is 0 Å². The number of fused-ring (bicyclic) bond motifs is 1. The number of halogens is 2. The molecule has 3 rings (SSSR count). The maximum atomic E-state index is 12.3. The predicted molar refractivity (Wildman–Crippen MR) is 79.3 cm³/mol. The first-order valence-corrected chi connectivity index (χ1v) is 7.72. The molecule has 22 heavy (non-hydrogen) atoms. The van der Waals surface area contributed by atoms with Gasteiger partial charge >= 0.3 is 6.61 Å². The molecule has 1 N–H and O–H groups in total. The lowest BCUT2D eigenvalue weighted by atomic mass is 10.0. The summed E-state index contributed by atoms with van der Waals surface area (Å²) in [5.74, 6) is 0.912. The normalized spacial score (nSPS) is 17.5. The molecule has 4 nitrogen and oxygen atoms in total. The van der Waals surface area contributed by atoms with Crippen molar-refractivity contribution in [1.29, 1.82) is 0 Å². The zero-order valence-corrected chi connectivity index (χ0v) is 12.4. The predicted octanol–water partition coefficient (Wildman–Crippen LogP) is 2.57.